The topological polar surface area (TPSA) is 64.3 Å². The van der Waals surface area contributed by atoms with Crippen molar-refractivity contribution in [1.82, 2.24) is 5.32 Å². The minimum absolute atomic E-state index is 0.0444. The van der Waals surface area contributed by atoms with Gasteiger partial charge in [0.25, 0.3) is 5.91 Å². The zero-order valence-corrected chi connectivity index (χ0v) is 11.1. The number of aryl methyl sites for hydroxylation is 1. The maximum atomic E-state index is 11.5. The molecule has 0 radical (unpaired) electrons. The van der Waals surface area contributed by atoms with Crippen molar-refractivity contribution in [1.29, 1.82) is 0 Å². The van der Waals surface area contributed by atoms with Gasteiger partial charge in [-0.25, -0.2) is 0 Å². The molecule has 1 rings (SSSR count). The molecule has 0 saturated carbocycles. The fraction of sp³-hybridized carbons (Fsp3) is 0.500. The summed E-state index contributed by atoms with van der Waals surface area (Å²) in [6.45, 7) is 5.29. The number of hydrogen-bond donors (Lipinski definition) is 2. The van der Waals surface area contributed by atoms with Gasteiger partial charge >= 0.3 is 0 Å². The molecule has 0 saturated heterocycles. The number of amides is 1. The second-order valence-corrected chi connectivity index (χ2v) is 4.43. The van der Waals surface area contributed by atoms with E-state index in [1.807, 2.05) is 31.2 Å². The Bertz CT molecular complexity index is 363. The van der Waals surface area contributed by atoms with E-state index in [4.69, 9.17) is 10.5 Å². The van der Waals surface area contributed by atoms with Crippen molar-refractivity contribution in [3.8, 4) is 5.75 Å². The first-order chi connectivity index (χ1) is 8.65. The molecule has 18 heavy (non-hydrogen) atoms. The van der Waals surface area contributed by atoms with E-state index >= 15 is 0 Å². The van der Waals surface area contributed by atoms with Gasteiger partial charge in [0.15, 0.2) is 6.61 Å². The largest absolute Gasteiger partial charge is 0.484 e. The van der Waals surface area contributed by atoms with Gasteiger partial charge in [0.05, 0.1) is 0 Å². The molecule has 4 nitrogen and oxygen atoms in total. The molecule has 0 fully saturated rings. The first-order valence-electron chi connectivity index (χ1n) is 6.34. The van der Waals surface area contributed by atoms with Gasteiger partial charge in [-0.15, -0.1) is 0 Å². The summed E-state index contributed by atoms with van der Waals surface area (Å²) in [5.74, 6) is 0.891. The van der Waals surface area contributed by atoms with Crippen LogP contribution in [0, 0.1) is 5.92 Å². The molecule has 1 aromatic carbocycles. The van der Waals surface area contributed by atoms with E-state index in [1.54, 1.807) is 0 Å². The average Bonchev–Trinajstić information content (AvgIpc) is 2.42. The van der Waals surface area contributed by atoms with Gasteiger partial charge in [-0.3, -0.25) is 4.79 Å². The van der Waals surface area contributed by atoms with Crippen LogP contribution >= 0.6 is 0 Å². The van der Waals surface area contributed by atoms with Crippen LogP contribution in [0.15, 0.2) is 24.3 Å². The van der Waals surface area contributed by atoms with Crippen molar-refractivity contribution >= 4 is 5.91 Å². The zero-order valence-electron chi connectivity index (χ0n) is 11.1. The van der Waals surface area contributed by atoms with E-state index in [9.17, 15) is 4.79 Å². The summed E-state index contributed by atoms with van der Waals surface area (Å²) < 4.78 is 5.39. The maximum absolute atomic E-state index is 11.5. The molecule has 0 heterocycles. The van der Waals surface area contributed by atoms with E-state index in [0.717, 1.165) is 6.42 Å². The summed E-state index contributed by atoms with van der Waals surface area (Å²) in [4.78, 5) is 11.5. The van der Waals surface area contributed by atoms with Crippen LogP contribution in [-0.4, -0.2) is 25.6 Å². The van der Waals surface area contributed by atoms with E-state index in [-0.39, 0.29) is 18.4 Å². The number of benzene rings is 1. The highest BCUT2D eigenvalue weighted by atomic mass is 16.5. The monoisotopic (exact) mass is 250 g/mol. The Kier molecular flexibility index (Phi) is 6.22. The normalized spacial score (nSPS) is 11.9. The molecule has 4 heteroatoms. The Hall–Kier alpha value is -1.55. The lowest BCUT2D eigenvalue weighted by Gasteiger charge is -2.11. The molecule has 0 aliphatic rings. The predicted molar refractivity (Wildman–Crippen MR) is 72.5 cm³/mol. The standard InChI is InChI=1S/C14H22N2O2/c1-3-12-4-6-13(7-5-12)18-10-14(17)16-9-11(2)8-15/h4-7,11H,3,8-10,15H2,1-2H3,(H,16,17). The highest BCUT2D eigenvalue weighted by Crippen LogP contribution is 2.12. The minimum Gasteiger partial charge on any atom is -0.484 e. The van der Waals surface area contributed by atoms with Crippen LogP contribution in [-0.2, 0) is 11.2 Å². The van der Waals surface area contributed by atoms with Crippen molar-refractivity contribution in [2.45, 2.75) is 20.3 Å². The van der Waals surface area contributed by atoms with Crippen LogP contribution in [0.3, 0.4) is 0 Å². The number of nitrogens with two attached hydrogens (primary N) is 1. The van der Waals surface area contributed by atoms with Crippen LogP contribution < -0.4 is 15.8 Å². The van der Waals surface area contributed by atoms with Gasteiger partial charge in [0, 0.05) is 6.54 Å². The Morgan fingerprint density at radius 2 is 2.06 bits per heavy atom. The Labute approximate surface area is 109 Å². The smallest absolute Gasteiger partial charge is 0.257 e. The third-order valence-electron chi connectivity index (χ3n) is 2.75. The van der Waals surface area contributed by atoms with Crippen LogP contribution in [0.4, 0.5) is 0 Å². The Morgan fingerprint density at radius 3 is 2.61 bits per heavy atom. The lowest BCUT2D eigenvalue weighted by Crippen LogP contribution is -2.34. The molecule has 0 aromatic heterocycles. The number of carbonyl (C=O) groups excluding carboxylic acids is 1. The fourth-order valence-corrected chi connectivity index (χ4v) is 1.39. The molecule has 1 aromatic rings. The molecule has 100 valence electrons. The molecule has 0 bridgehead atoms. The first kappa shape index (κ1) is 14.5. The van der Waals surface area contributed by atoms with Gasteiger partial charge < -0.3 is 15.8 Å². The van der Waals surface area contributed by atoms with Crippen LogP contribution in [0.25, 0.3) is 0 Å². The molecular weight excluding hydrogens is 228 g/mol. The van der Waals surface area contributed by atoms with Crippen molar-refractivity contribution in [2.24, 2.45) is 11.7 Å². The number of ether oxygens (including phenoxy) is 1. The van der Waals surface area contributed by atoms with E-state index < -0.39 is 0 Å². The number of hydrogen-bond acceptors (Lipinski definition) is 3. The Balaban J connectivity index is 2.29. The number of rotatable bonds is 7. The predicted octanol–water partition coefficient (Wildman–Crippen LogP) is 1.34. The van der Waals surface area contributed by atoms with Crippen molar-refractivity contribution < 1.29 is 9.53 Å². The SMILES string of the molecule is CCc1ccc(OCC(=O)NCC(C)CN)cc1. The van der Waals surface area contributed by atoms with Gasteiger partial charge in [-0.2, -0.15) is 0 Å². The van der Waals surface area contributed by atoms with Gasteiger partial charge in [0.2, 0.25) is 0 Å². The summed E-state index contributed by atoms with van der Waals surface area (Å²) in [5, 5.41) is 2.78. The lowest BCUT2D eigenvalue weighted by atomic mass is 10.2. The summed E-state index contributed by atoms with van der Waals surface area (Å²) in [6, 6.07) is 7.77. The van der Waals surface area contributed by atoms with Crippen molar-refractivity contribution in [3.05, 3.63) is 29.8 Å². The fourth-order valence-electron chi connectivity index (χ4n) is 1.39. The summed E-state index contributed by atoms with van der Waals surface area (Å²) in [7, 11) is 0. The summed E-state index contributed by atoms with van der Waals surface area (Å²) in [6.07, 6.45) is 0.998. The van der Waals surface area contributed by atoms with E-state index in [0.29, 0.717) is 18.8 Å². The summed E-state index contributed by atoms with van der Waals surface area (Å²) in [5.41, 5.74) is 6.72. The highest BCUT2D eigenvalue weighted by Gasteiger charge is 2.05. The van der Waals surface area contributed by atoms with Crippen LogP contribution in [0.2, 0.25) is 0 Å². The van der Waals surface area contributed by atoms with Crippen LogP contribution in [0.1, 0.15) is 19.4 Å². The van der Waals surface area contributed by atoms with Crippen molar-refractivity contribution in [3.63, 3.8) is 0 Å². The van der Waals surface area contributed by atoms with E-state index in [2.05, 4.69) is 12.2 Å². The second kappa shape index (κ2) is 7.71. The van der Waals surface area contributed by atoms with Crippen molar-refractivity contribution in [2.75, 3.05) is 19.7 Å². The van der Waals surface area contributed by atoms with E-state index in [1.165, 1.54) is 5.56 Å². The molecule has 1 atom stereocenters. The Morgan fingerprint density at radius 1 is 1.39 bits per heavy atom. The molecule has 0 aliphatic carbocycles. The van der Waals surface area contributed by atoms with Crippen LogP contribution in [0.5, 0.6) is 5.75 Å². The maximum Gasteiger partial charge on any atom is 0.257 e. The first-order valence-corrected chi connectivity index (χ1v) is 6.34. The molecule has 0 aliphatic heterocycles. The number of carbonyl (C=O) groups is 1. The highest BCUT2D eigenvalue weighted by molar-refractivity contribution is 5.77. The molecule has 3 N–H and O–H groups in total. The third kappa shape index (κ3) is 5.19. The molecule has 0 spiro atoms. The zero-order chi connectivity index (χ0) is 13.4. The lowest BCUT2D eigenvalue weighted by molar-refractivity contribution is -0.123. The van der Waals surface area contributed by atoms with Gasteiger partial charge in [0.1, 0.15) is 5.75 Å². The third-order valence-corrected chi connectivity index (χ3v) is 2.75. The summed E-state index contributed by atoms with van der Waals surface area (Å²) >= 11 is 0. The molecular formula is C14H22N2O2. The second-order valence-electron chi connectivity index (χ2n) is 4.43. The molecule has 1 unspecified atom stereocenters. The number of nitrogens with one attached hydrogen (secondary N) is 1. The quantitative estimate of drug-likeness (QED) is 0.767. The molecule has 1 amide bonds. The average molecular weight is 250 g/mol. The van der Waals surface area contributed by atoms with Gasteiger partial charge in [-0.05, 0) is 36.6 Å². The van der Waals surface area contributed by atoms with Gasteiger partial charge in [-0.1, -0.05) is 26.0 Å². The minimum atomic E-state index is -0.116.